The van der Waals surface area contributed by atoms with E-state index in [2.05, 4.69) is 10.6 Å². The first-order valence-corrected chi connectivity index (χ1v) is 5.40. The van der Waals surface area contributed by atoms with Crippen LogP contribution in [-0.4, -0.2) is 19.0 Å². The summed E-state index contributed by atoms with van der Waals surface area (Å²) in [7, 11) is 0. The van der Waals surface area contributed by atoms with Gasteiger partial charge in [0, 0.05) is 11.3 Å². The Balaban J connectivity index is 2.53. The van der Waals surface area contributed by atoms with Crippen molar-refractivity contribution in [3.63, 3.8) is 0 Å². The van der Waals surface area contributed by atoms with E-state index in [-0.39, 0.29) is 18.3 Å². The molecule has 1 rings (SSSR count). The standard InChI is InChI=1S/C12H17FN2O/c1-3-7-14-8-12(16)15-11-6-4-5-10(13)9(11)2/h4-6,14H,3,7-8H2,1-2H3,(H,15,16). The Labute approximate surface area is 95.0 Å². The molecule has 0 aliphatic heterocycles. The highest BCUT2D eigenvalue weighted by atomic mass is 19.1. The van der Waals surface area contributed by atoms with Gasteiger partial charge >= 0.3 is 0 Å². The number of amides is 1. The summed E-state index contributed by atoms with van der Waals surface area (Å²) in [5, 5.41) is 5.65. The van der Waals surface area contributed by atoms with Crippen LogP contribution < -0.4 is 10.6 Å². The van der Waals surface area contributed by atoms with Crippen LogP contribution in [0.5, 0.6) is 0 Å². The Hall–Kier alpha value is -1.42. The largest absolute Gasteiger partial charge is 0.325 e. The van der Waals surface area contributed by atoms with E-state index < -0.39 is 0 Å². The van der Waals surface area contributed by atoms with Crippen LogP contribution in [0.3, 0.4) is 0 Å². The predicted octanol–water partition coefficient (Wildman–Crippen LogP) is 2.07. The van der Waals surface area contributed by atoms with Crippen molar-refractivity contribution in [1.82, 2.24) is 5.32 Å². The van der Waals surface area contributed by atoms with Crippen LogP contribution in [-0.2, 0) is 4.79 Å². The van der Waals surface area contributed by atoms with Crippen molar-refractivity contribution in [2.45, 2.75) is 20.3 Å². The molecule has 2 N–H and O–H groups in total. The molecule has 0 saturated carbocycles. The van der Waals surface area contributed by atoms with Gasteiger partial charge in [-0.15, -0.1) is 0 Å². The van der Waals surface area contributed by atoms with Crippen molar-refractivity contribution in [2.75, 3.05) is 18.4 Å². The molecule has 0 unspecified atom stereocenters. The number of nitrogens with one attached hydrogen (secondary N) is 2. The molecular weight excluding hydrogens is 207 g/mol. The summed E-state index contributed by atoms with van der Waals surface area (Å²) in [6, 6.07) is 4.65. The van der Waals surface area contributed by atoms with Gasteiger partial charge in [-0.05, 0) is 32.0 Å². The minimum absolute atomic E-state index is 0.151. The number of anilines is 1. The summed E-state index contributed by atoms with van der Waals surface area (Å²) >= 11 is 0. The second kappa shape index (κ2) is 6.23. The molecule has 1 amide bonds. The number of benzene rings is 1. The second-order valence-electron chi connectivity index (χ2n) is 3.64. The maximum Gasteiger partial charge on any atom is 0.238 e. The zero-order valence-electron chi connectivity index (χ0n) is 9.64. The van der Waals surface area contributed by atoms with Crippen LogP contribution in [0.1, 0.15) is 18.9 Å². The van der Waals surface area contributed by atoms with Gasteiger partial charge in [0.2, 0.25) is 5.91 Å². The summed E-state index contributed by atoms with van der Waals surface area (Å²) < 4.78 is 13.2. The van der Waals surface area contributed by atoms with Crippen molar-refractivity contribution in [2.24, 2.45) is 0 Å². The third kappa shape index (κ3) is 3.62. The fourth-order valence-electron chi connectivity index (χ4n) is 1.32. The smallest absolute Gasteiger partial charge is 0.238 e. The third-order valence-corrected chi connectivity index (χ3v) is 2.25. The summed E-state index contributed by atoms with van der Waals surface area (Å²) in [6.45, 7) is 4.73. The van der Waals surface area contributed by atoms with Crippen LogP contribution in [0.2, 0.25) is 0 Å². The van der Waals surface area contributed by atoms with Gasteiger partial charge in [0.05, 0.1) is 6.54 Å². The molecule has 16 heavy (non-hydrogen) atoms. The maximum atomic E-state index is 13.2. The van der Waals surface area contributed by atoms with E-state index in [1.165, 1.54) is 6.07 Å². The van der Waals surface area contributed by atoms with Crippen LogP contribution >= 0.6 is 0 Å². The van der Waals surface area contributed by atoms with Gasteiger partial charge in [0.15, 0.2) is 0 Å². The highest BCUT2D eigenvalue weighted by Gasteiger charge is 2.06. The third-order valence-electron chi connectivity index (χ3n) is 2.25. The Morgan fingerprint density at radius 2 is 2.19 bits per heavy atom. The van der Waals surface area contributed by atoms with Crippen molar-refractivity contribution < 1.29 is 9.18 Å². The van der Waals surface area contributed by atoms with E-state index in [9.17, 15) is 9.18 Å². The quantitative estimate of drug-likeness (QED) is 0.752. The minimum atomic E-state index is -0.306. The van der Waals surface area contributed by atoms with E-state index in [1.807, 2.05) is 6.92 Å². The predicted molar refractivity (Wildman–Crippen MR) is 62.9 cm³/mol. The van der Waals surface area contributed by atoms with E-state index >= 15 is 0 Å². The lowest BCUT2D eigenvalue weighted by Crippen LogP contribution is -2.28. The van der Waals surface area contributed by atoms with Crippen LogP contribution in [0.4, 0.5) is 10.1 Å². The number of rotatable bonds is 5. The number of hydrogen-bond acceptors (Lipinski definition) is 2. The first kappa shape index (κ1) is 12.6. The van der Waals surface area contributed by atoms with Gasteiger partial charge in [-0.3, -0.25) is 4.79 Å². The molecule has 3 nitrogen and oxygen atoms in total. The average Bonchev–Trinajstić information content (AvgIpc) is 2.25. The zero-order chi connectivity index (χ0) is 12.0. The van der Waals surface area contributed by atoms with Gasteiger partial charge in [0.25, 0.3) is 0 Å². The molecule has 0 atom stereocenters. The molecule has 0 bridgehead atoms. The molecular formula is C12H17FN2O. The Morgan fingerprint density at radius 3 is 2.88 bits per heavy atom. The summed E-state index contributed by atoms with van der Waals surface area (Å²) in [5.41, 5.74) is 0.995. The van der Waals surface area contributed by atoms with Crippen LogP contribution in [0, 0.1) is 12.7 Å². The first-order valence-electron chi connectivity index (χ1n) is 5.40. The zero-order valence-corrected chi connectivity index (χ0v) is 9.64. The lowest BCUT2D eigenvalue weighted by atomic mass is 10.2. The van der Waals surface area contributed by atoms with Crippen LogP contribution in [0.15, 0.2) is 18.2 Å². The van der Waals surface area contributed by atoms with Gasteiger partial charge in [0.1, 0.15) is 5.82 Å². The van der Waals surface area contributed by atoms with Gasteiger partial charge in [-0.2, -0.15) is 0 Å². The molecule has 0 radical (unpaired) electrons. The lowest BCUT2D eigenvalue weighted by Gasteiger charge is -2.09. The number of carbonyl (C=O) groups excluding carboxylic acids is 1. The number of hydrogen-bond donors (Lipinski definition) is 2. The minimum Gasteiger partial charge on any atom is -0.325 e. The normalized spacial score (nSPS) is 10.2. The SMILES string of the molecule is CCCNCC(=O)Nc1cccc(F)c1C. The Bertz CT molecular complexity index is 366. The Morgan fingerprint density at radius 1 is 1.44 bits per heavy atom. The van der Waals surface area contributed by atoms with Crippen molar-refractivity contribution in [3.05, 3.63) is 29.6 Å². The molecule has 0 aliphatic carbocycles. The van der Waals surface area contributed by atoms with Crippen molar-refractivity contribution >= 4 is 11.6 Å². The average molecular weight is 224 g/mol. The molecule has 0 saturated heterocycles. The lowest BCUT2D eigenvalue weighted by molar-refractivity contribution is -0.115. The first-order chi connectivity index (χ1) is 7.65. The maximum absolute atomic E-state index is 13.2. The molecule has 1 aromatic carbocycles. The molecule has 1 aromatic rings. The van der Waals surface area contributed by atoms with Gasteiger partial charge in [-0.1, -0.05) is 13.0 Å². The van der Waals surface area contributed by atoms with E-state index in [0.717, 1.165) is 13.0 Å². The molecule has 0 spiro atoms. The summed E-state index contributed by atoms with van der Waals surface area (Å²) in [4.78, 5) is 11.5. The van der Waals surface area contributed by atoms with E-state index in [1.54, 1.807) is 19.1 Å². The topological polar surface area (TPSA) is 41.1 Å². The molecule has 88 valence electrons. The molecule has 0 fully saturated rings. The van der Waals surface area contributed by atoms with Gasteiger partial charge in [-0.25, -0.2) is 4.39 Å². The molecule has 0 aliphatic rings. The van der Waals surface area contributed by atoms with E-state index in [4.69, 9.17) is 0 Å². The van der Waals surface area contributed by atoms with Crippen LogP contribution in [0.25, 0.3) is 0 Å². The highest BCUT2D eigenvalue weighted by molar-refractivity contribution is 5.92. The molecule has 0 heterocycles. The Kier molecular flexibility index (Phi) is 4.92. The highest BCUT2D eigenvalue weighted by Crippen LogP contribution is 2.16. The van der Waals surface area contributed by atoms with Crippen molar-refractivity contribution in [1.29, 1.82) is 0 Å². The summed E-state index contributed by atoms with van der Waals surface area (Å²) in [6.07, 6.45) is 0.978. The van der Waals surface area contributed by atoms with Crippen molar-refractivity contribution in [3.8, 4) is 0 Å². The molecule has 4 heteroatoms. The fourth-order valence-corrected chi connectivity index (χ4v) is 1.32. The number of halogens is 1. The second-order valence-corrected chi connectivity index (χ2v) is 3.64. The fraction of sp³-hybridized carbons (Fsp3) is 0.417. The monoisotopic (exact) mass is 224 g/mol. The molecule has 0 aromatic heterocycles. The van der Waals surface area contributed by atoms with E-state index in [0.29, 0.717) is 11.3 Å². The number of carbonyl (C=O) groups is 1. The van der Waals surface area contributed by atoms with Gasteiger partial charge < -0.3 is 10.6 Å². The summed E-state index contributed by atoms with van der Waals surface area (Å²) in [5.74, 6) is -0.457.